The molecular formula is C10H8F3N3O2. The average Bonchev–Trinajstić information content (AvgIpc) is 2.25. The van der Waals surface area contributed by atoms with E-state index in [1.807, 2.05) is 0 Å². The Morgan fingerprint density at radius 3 is 2.72 bits per heavy atom. The van der Waals surface area contributed by atoms with Crippen LogP contribution in [0.1, 0.15) is 5.56 Å². The number of pyridine rings is 1. The van der Waals surface area contributed by atoms with Gasteiger partial charge in [-0.1, -0.05) is 0 Å². The molecule has 1 aromatic rings. The average molecular weight is 259 g/mol. The lowest BCUT2D eigenvalue weighted by Gasteiger charge is -2.23. The van der Waals surface area contributed by atoms with Crippen LogP contribution in [0.3, 0.4) is 0 Å². The monoisotopic (exact) mass is 259 g/mol. The molecule has 0 saturated heterocycles. The van der Waals surface area contributed by atoms with Crippen LogP contribution in [0.5, 0.6) is 0 Å². The van der Waals surface area contributed by atoms with Crippen LogP contribution >= 0.6 is 0 Å². The Labute approximate surface area is 100 Å². The van der Waals surface area contributed by atoms with Crippen LogP contribution < -0.4 is 4.90 Å². The summed E-state index contributed by atoms with van der Waals surface area (Å²) < 4.78 is 37.0. The first-order chi connectivity index (χ1) is 8.33. The van der Waals surface area contributed by atoms with E-state index in [1.165, 1.54) is 18.3 Å². The molecule has 1 N–H and O–H groups in total. The molecule has 0 fully saturated rings. The maximum atomic E-state index is 12.3. The molecule has 0 bridgehead atoms. The third-order valence-electron chi connectivity index (χ3n) is 1.90. The van der Waals surface area contributed by atoms with Gasteiger partial charge in [0, 0.05) is 6.20 Å². The van der Waals surface area contributed by atoms with Gasteiger partial charge in [-0.05, 0) is 12.1 Å². The summed E-state index contributed by atoms with van der Waals surface area (Å²) in [4.78, 5) is 14.7. The van der Waals surface area contributed by atoms with E-state index in [0.717, 1.165) is 0 Å². The smallest absolute Gasteiger partial charge is 0.405 e. The molecule has 0 aromatic carbocycles. The molecule has 5 nitrogen and oxygen atoms in total. The Bertz CT molecular complexity index is 482. The van der Waals surface area contributed by atoms with Crippen LogP contribution in [0.25, 0.3) is 0 Å². The molecule has 0 aliphatic heterocycles. The summed E-state index contributed by atoms with van der Waals surface area (Å²) in [5, 5.41) is 17.3. The second-order valence-electron chi connectivity index (χ2n) is 3.35. The van der Waals surface area contributed by atoms with E-state index in [2.05, 4.69) is 4.98 Å². The zero-order valence-corrected chi connectivity index (χ0v) is 8.98. The number of carboxylic acid groups (broad SMARTS) is 1. The van der Waals surface area contributed by atoms with Gasteiger partial charge in [0.2, 0.25) is 0 Å². The van der Waals surface area contributed by atoms with Crippen LogP contribution in [0.4, 0.5) is 19.0 Å². The van der Waals surface area contributed by atoms with E-state index >= 15 is 0 Å². The highest BCUT2D eigenvalue weighted by Crippen LogP contribution is 2.22. The first-order valence-electron chi connectivity index (χ1n) is 4.72. The summed E-state index contributed by atoms with van der Waals surface area (Å²) in [6, 6.07) is 4.33. The molecule has 0 radical (unpaired) electrons. The first kappa shape index (κ1) is 13.8. The maximum absolute atomic E-state index is 12.3. The van der Waals surface area contributed by atoms with Gasteiger partial charge >= 0.3 is 12.1 Å². The molecule has 0 aliphatic carbocycles. The number of carbonyl (C=O) groups is 1. The molecule has 1 aromatic heterocycles. The fraction of sp³-hybridized carbons (Fsp3) is 0.300. The summed E-state index contributed by atoms with van der Waals surface area (Å²) in [5.74, 6) is -1.73. The summed E-state index contributed by atoms with van der Waals surface area (Å²) >= 11 is 0. The zero-order valence-electron chi connectivity index (χ0n) is 8.98. The van der Waals surface area contributed by atoms with E-state index in [1.54, 1.807) is 6.07 Å². The minimum absolute atomic E-state index is 0.108. The van der Waals surface area contributed by atoms with Crippen molar-refractivity contribution in [2.75, 3.05) is 18.0 Å². The molecule has 0 spiro atoms. The standard InChI is InChI=1S/C10H8F3N3O2/c11-10(12,13)6-16(5-8(17)18)9-7(4-14)2-1-3-15-9/h1-3H,5-6H2,(H,17,18). The SMILES string of the molecule is N#Cc1cccnc1N(CC(=O)O)CC(F)(F)F. The molecule has 96 valence electrons. The number of anilines is 1. The fourth-order valence-corrected chi connectivity index (χ4v) is 1.32. The Morgan fingerprint density at radius 2 is 2.22 bits per heavy atom. The normalized spacial score (nSPS) is 10.8. The molecule has 18 heavy (non-hydrogen) atoms. The minimum atomic E-state index is -4.58. The molecule has 1 rings (SSSR count). The predicted molar refractivity (Wildman–Crippen MR) is 54.9 cm³/mol. The van der Waals surface area contributed by atoms with Crippen molar-refractivity contribution in [1.29, 1.82) is 5.26 Å². The van der Waals surface area contributed by atoms with Gasteiger partial charge in [-0.2, -0.15) is 18.4 Å². The van der Waals surface area contributed by atoms with Gasteiger partial charge in [0.15, 0.2) is 0 Å². The number of rotatable bonds is 4. The van der Waals surface area contributed by atoms with E-state index < -0.39 is 25.2 Å². The van der Waals surface area contributed by atoms with Gasteiger partial charge < -0.3 is 10.0 Å². The lowest BCUT2D eigenvalue weighted by Crippen LogP contribution is -2.38. The van der Waals surface area contributed by atoms with Crippen molar-refractivity contribution in [2.45, 2.75) is 6.18 Å². The molecule has 0 atom stereocenters. The lowest BCUT2D eigenvalue weighted by atomic mass is 10.2. The zero-order chi connectivity index (χ0) is 13.8. The van der Waals surface area contributed by atoms with Crippen molar-refractivity contribution in [2.24, 2.45) is 0 Å². The third-order valence-corrected chi connectivity index (χ3v) is 1.90. The summed E-state index contributed by atoms with van der Waals surface area (Å²) in [5.41, 5.74) is -0.108. The molecule has 1 heterocycles. The largest absolute Gasteiger partial charge is 0.480 e. The molecule has 0 unspecified atom stereocenters. The first-order valence-corrected chi connectivity index (χ1v) is 4.72. The fourth-order valence-electron chi connectivity index (χ4n) is 1.32. The van der Waals surface area contributed by atoms with Gasteiger partial charge in [-0.3, -0.25) is 4.79 Å². The minimum Gasteiger partial charge on any atom is -0.480 e. The van der Waals surface area contributed by atoms with E-state index in [4.69, 9.17) is 10.4 Å². The molecule has 0 saturated carbocycles. The van der Waals surface area contributed by atoms with Crippen molar-refractivity contribution < 1.29 is 23.1 Å². The van der Waals surface area contributed by atoms with Gasteiger partial charge in [-0.25, -0.2) is 4.98 Å². The molecule has 8 heteroatoms. The van der Waals surface area contributed by atoms with Crippen LogP contribution in [0, 0.1) is 11.3 Å². The summed E-state index contributed by atoms with van der Waals surface area (Å²) in [6.07, 6.45) is -3.39. The number of aliphatic carboxylic acids is 1. The third kappa shape index (κ3) is 3.93. The van der Waals surface area contributed by atoms with Crippen LogP contribution in [0.2, 0.25) is 0 Å². The number of carboxylic acids is 1. The number of nitriles is 1. The van der Waals surface area contributed by atoms with Crippen LogP contribution in [-0.2, 0) is 4.79 Å². The lowest BCUT2D eigenvalue weighted by molar-refractivity contribution is -0.136. The maximum Gasteiger partial charge on any atom is 0.405 e. The van der Waals surface area contributed by atoms with Gasteiger partial charge in [0.1, 0.15) is 25.0 Å². The number of nitrogens with zero attached hydrogens (tertiary/aromatic N) is 3. The van der Waals surface area contributed by atoms with Crippen LogP contribution in [0.15, 0.2) is 18.3 Å². The summed E-state index contributed by atoms with van der Waals surface area (Å²) in [6.45, 7) is -2.36. The second kappa shape index (κ2) is 5.35. The number of aromatic nitrogens is 1. The van der Waals surface area contributed by atoms with Crippen molar-refractivity contribution in [3.63, 3.8) is 0 Å². The highest BCUT2D eigenvalue weighted by molar-refractivity contribution is 5.74. The van der Waals surface area contributed by atoms with Crippen LogP contribution in [-0.4, -0.2) is 35.3 Å². The number of hydrogen-bond donors (Lipinski definition) is 1. The van der Waals surface area contributed by atoms with E-state index in [9.17, 15) is 18.0 Å². The quantitative estimate of drug-likeness (QED) is 0.884. The predicted octanol–water partition coefficient (Wildman–Crippen LogP) is 1.41. The number of hydrogen-bond acceptors (Lipinski definition) is 4. The molecule has 0 aliphatic rings. The van der Waals surface area contributed by atoms with Crippen molar-refractivity contribution in [1.82, 2.24) is 4.98 Å². The molecule has 0 amide bonds. The Morgan fingerprint density at radius 1 is 1.56 bits per heavy atom. The molecular weight excluding hydrogens is 251 g/mol. The Hall–Kier alpha value is -2.30. The summed E-state index contributed by atoms with van der Waals surface area (Å²) in [7, 11) is 0. The highest BCUT2D eigenvalue weighted by atomic mass is 19.4. The Kier molecular flexibility index (Phi) is 4.09. The van der Waals surface area contributed by atoms with Gasteiger partial charge in [0.25, 0.3) is 0 Å². The van der Waals surface area contributed by atoms with Gasteiger partial charge in [-0.15, -0.1) is 0 Å². The van der Waals surface area contributed by atoms with Crippen molar-refractivity contribution >= 4 is 11.8 Å². The number of halogens is 3. The van der Waals surface area contributed by atoms with E-state index in [-0.39, 0.29) is 11.4 Å². The van der Waals surface area contributed by atoms with Gasteiger partial charge in [0.05, 0.1) is 5.56 Å². The second-order valence-corrected chi connectivity index (χ2v) is 3.35. The van der Waals surface area contributed by atoms with Crippen molar-refractivity contribution in [3.8, 4) is 6.07 Å². The van der Waals surface area contributed by atoms with Crippen molar-refractivity contribution in [3.05, 3.63) is 23.9 Å². The Balaban J connectivity index is 3.09. The number of alkyl halides is 3. The topological polar surface area (TPSA) is 77.2 Å². The highest BCUT2D eigenvalue weighted by Gasteiger charge is 2.33. The van der Waals surface area contributed by atoms with E-state index in [0.29, 0.717) is 4.90 Å².